The average Bonchev–Trinajstić information content (AvgIpc) is 3.09. The lowest BCUT2D eigenvalue weighted by Crippen LogP contribution is -2.13. The lowest BCUT2D eigenvalue weighted by Gasteiger charge is -2.25. The fourth-order valence-electron chi connectivity index (χ4n) is 6.62. The number of ketones is 2. The molecule has 5 heteroatoms. The minimum Gasteiger partial charge on any atom is -0.455 e. The highest BCUT2D eigenvalue weighted by Crippen LogP contribution is 2.51. The van der Waals surface area contributed by atoms with E-state index in [1.165, 1.54) is 128 Å². The molecule has 3 aromatic carbocycles. The third-order valence-electron chi connectivity index (χ3n) is 9.34. The average molecular weight is 649 g/mol. The molecule has 3 aromatic rings. The number of ether oxygens (including phenoxy) is 1. The Hall–Kier alpha value is -3.96. The fourth-order valence-corrected chi connectivity index (χ4v) is 6.62. The molecule has 1 aliphatic rings. The molecule has 1 aliphatic heterocycles. The molecule has 0 aromatic heterocycles. The summed E-state index contributed by atoms with van der Waals surface area (Å²) in [6, 6.07) is 14.5. The molecule has 48 heavy (non-hydrogen) atoms. The first-order valence-electron chi connectivity index (χ1n) is 18.6. The largest absolute Gasteiger partial charge is 0.455 e. The number of hydrogen-bond acceptors (Lipinski definition) is 5. The van der Waals surface area contributed by atoms with Crippen molar-refractivity contribution in [3.63, 3.8) is 0 Å². The molecule has 1 heterocycles. The van der Waals surface area contributed by atoms with Crippen molar-refractivity contribution in [3.05, 3.63) is 58.7 Å². The summed E-state index contributed by atoms with van der Waals surface area (Å²) in [7, 11) is 0. The number of nitriles is 2. The third-order valence-corrected chi connectivity index (χ3v) is 9.34. The Bertz CT molecular complexity index is 1590. The molecule has 0 radical (unpaired) electrons. The first-order valence-corrected chi connectivity index (χ1v) is 18.6. The predicted molar refractivity (Wildman–Crippen MR) is 198 cm³/mol. The molecule has 5 nitrogen and oxygen atoms in total. The second-order valence-corrected chi connectivity index (χ2v) is 13.6. The van der Waals surface area contributed by atoms with Crippen LogP contribution in [0.2, 0.25) is 0 Å². The van der Waals surface area contributed by atoms with E-state index < -0.39 is 0 Å². The number of fused-ring (bicyclic) bond motifs is 2. The van der Waals surface area contributed by atoms with Gasteiger partial charge in [0.25, 0.3) is 0 Å². The summed E-state index contributed by atoms with van der Waals surface area (Å²) in [6.45, 7) is 9.53. The van der Waals surface area contributed by atoms with Crippen molar-refractivity contribution in [1.82, 2.24) is 0 Å². The number of hydrogen-bond donors (Lipinski definition) is 0. The fraction of sp³-hybridized carbons (Fsp3) is 0.535. The minimum atomic E-state index is -0.328. The van der Waals surface area contributed by atoms with Gasteiger partial charge in [0.15, 0.2) is 17.3 Å². The van der Waals surface area contributed by atoms with Crippen LogP contribution in [0.4, 0.5) is 0 Å². The number of rotatable bonds is 19. The Kier molecular flexibility index (Phi) is 16.4. The van der Waals surface area contributed by atoms with Crippen LogP contribution < -0.4 is 4.74 Å². The number of unbranched alkanes of at least 4 members (excludes halogenated alkanes) is 16. The van der Waals surface area contributed by atoms with Crippen LogP contribution >= 0.6 is 0 Å². The van der Waals surface area contributed by atoms with Gasteiger partial charge in [-0.05, 0) is 25.1 Å². The first-order chi connectivity index (χ1) is 23.3. The van der Waals surface area contributed by atoms with E-state index in [-0.39, 0.29) is 34.4 Å². The van der Waals surface area contributed by atoms with Gasteiger partial charge in [0, 0.05) is 38.9 Å². The van der Waals surface area contributed by atoms with E-state index in [0.717, 1.165) is 0 Å². The Morgan fingerprint density at radius 1 is 0.667 bits per heavy atom. The standard InChI is InChI=1S/C24H16N2O3.C19H40/c1-12(2)23(28)18-9-15(11-26)24-22-20(16-6-4-5-7-19(16)29-24)14(10-25)8-17(13(3)27)21(18)22;1-3-5-7-9-11-13-15-17-19-18-16-14-12-10-8-6-4-2/h4-9,12H,1-3H3;3-19H2,1-2H3. The molecule has 0 spiro atoms. The first kappa shape index (κ1) is 38.5. The second kappa shape index (κ2) is 20.4. The molecular weight excluding hydrogens is 592 g/mol. The summed E-state index contributed by atoms with van der Waals surface area (Å²) in [4.78, 5) is 25.5. The van der Waals surface area contributed by atoms with Gasteiger partial charge < -0.3 is 4.74 Å². The topological polar surface area (TPSA) is 91.0 Å². The molecule has 256 valence electrons. The lowest BCUT2D eigenvalue weighted by molar-refractivity contribution is 0.0941. The van der Waals surface area contributed by atoms with E-state index in [9.17, 15) is 20.1 Å². The van der Waals surface area contributed by atoms with Crippen LogP contribution in [-0.2, 0) is 0 Å². The van der Waals surface area contributed by atoms with Gasteiger partial charge in [-0.1, -0.05) is 155 Å². The molecule has 0 N–H and O–H groups in total. The Labute approximate surface area is 289 Å². The summed E-state index contributed by atoms with van der Waals surface area (Å²) >= 11 is 0. The van der Waals surface area contributed by atoms with Gasteiger partial charge in [-0.15, -0.1) is 0 Å². The molecule has 0 amide bonds. The second-order valence-electron chi connectivity index (χ2n) is 13.6. The van der Waals surface area contributed by atoms with Gasteiger partial charge in [0.1, 0.15) is 11.8 Å². The van der Waals surface area contributed by atoms with Crippen molar-refractivity contribution >= 4 is 22.3 Å². The van der Waals surface area contributed by atoms with Gasteiger partial charge in [-0.2, -0.15) is 10.5 Å². The molecule has 0 aliphatic carbocycles. The van der Waals surface area contributed by atoms with Crippen molar-refractivity contribution in [2.24, 2.45) is 5.92 Å². The number of para-hydroxylation sites is 1. The maximum atomic E-state index is 13.0. The van der Waals surface area contributed by atoms with Gasteiger partial charge in [-0.25, -0.2) is 0 Å². The monoisotopic (exact) mass is 648 g/mol. The quantitative estimate of drug-likeness (QED) is 0.0745. The van der Waals surface area contributed by atoms with E-state index in [1.54, 1.807) is 26.0 Å². The van der Waals surface area contributed by atoms with Crippen LogP contribution in [0.3, 0.4) is 0 Å². The van der Waals surface area contributed by atoms with Crippen molar-refractivity contribution in [1.29, 1.82) is 10.5 Å². The number of Topliss-reactive ketones (excluding diaryl/α,β-unsaturated/α-hetero) is 2. The smallest absolute Gasteiger partial charge is 0.166 e. The van der Waals surface area contributed by atoms with Crippen LogP contribution in [0, 0.1) is 28.6 Å². The van der Waals surface area contributed by atoms with Gasteiger partial charge in [0.05, 0.1) is 17.2 Å². The number of carbonyl (C=O) groups is 2. The Morgan fingerprint density at radius 2 is 1.12 bits per heavy atom. The van der Waals surface area contributed by atoms with Crippen molar-refractivity contribution < 1.29 is 14.3 Å². The minimum absolute atomic E-state index is 0.176. The molecule has 0 saturated carbocycles. The zero-order chi connectivity index (χ0) is 34.9. The highest BCUT2D eigenvalue weighted by molar-refractivity contribution is 6.23. The zero-order valence-electron chi connectivity index (χ0n) is 30.2. The van der Waals surface area contributed by atoms with Crippen molar-refractivity contribution in [2.75, 3.05) is 0 Å². The lowest BCUT2D eigenvalue weighted by atomic mass is 9.82. The molecule has 4 rings (SSSR count). The molecule has 0 unspecified atom stereocenters. The van der Waals surface area contributed by atoms with E-state index in [1.807, 2.05) is 12.1 Å². The summed E-state index contributed by atoms with van der Waals surface area (Å²) < 4.78 is 6.05. The van der Waals surface area contributed by atoms with Crippen LogP contribution in [-0.4, -0.2) is 11.6 Å². The molecule has 0 atom stereocenters. The van der Waals surface area contributed by atoms with Crippen molar-refractivity contribution in [3.8, 4) is 34.8 Å². The van der Waals surface area contributed by atoms with Crippen LogP contribution in [0.15, 0.2) is 36.4 Å². The molecule has 0 saturated heterocycles. The Balaban J connectivity index is 0.000000288. The van der Waals surface area contributed by atoms with Gasteiger partial charge in [0.2, 0.25) is 0 Å². The summed E-state index contributed by atoms with van der Waals surface area (Å²) in [6.07, 6.45) is 24.9. The number of carbonyl (C=O) groups excluding carboxylic acids is 2. The number of nitrogens with zero attached hydrogens (tertiary/aromatic N) is 2. The number of benzene rings is 3. The highest BCUT2D eigenvalue weighted by atomic mass is 16.5. The van der Waals surface area contributed by atoms with E-state index in [4.69, 9.17) is 4.74 Å². The molecule has 0 fully saturated rings. The van der Waals surface area contributed by atoms with E-state index in [0.29, 0.717) is 38.8 Å². The van der Waals surface area contributed by atoms with Gasteiger partial charge >= 0.3 is 0 Å². The van der Waals surface area contributed by atoms with Gasteiger partial charge in [-0.3, -0.25) is 9.59 Å². The third kappa shape index (κ3) is 10.3. The maximum absolute atomic E-state index is 13.0. The maximum Gasteiger partial charge on any atom is 0.166 e. The Morgan fingerprint density at radius 3 is 1.56 bits per heavy atom. The summed E-state index contributed by atoms with van der Waals surface area (Å²) in [5.74, 6) is 0.0278. The van der Waals surface area contributed by atoms with Crippen LogP contribution in [0.25, 0.3) is 21.9 Å². The predicted octanol–water partition coefficient (Wildman–Crippen LogP) is 13.1. The van der Waals surface area contributed by atoms with Crippen LogP contribution in [0.5, 0.6) is 11.5 Å². The van der Waals surface area contributed by atoms with Crippen molar-refractivity contribution in [2.45, 2.75) is 144 Å². The summed E-state index contributed by atoms with van der Waals surface area (Å²) in [5, 5.41) is 20.5. The summed E-state index contributed by atoms with van der Waals surface area (Å²) in [5.41, 5.74) is 2.35. The zero-order valence-corrected chi connectivity index (χ0v) is 30.2. The normalized spacial score (nSPS) is 11.2. The van der Waals surface area contributed by atoms with Crippen LogP contribution in [0.1, 0.15) is 176 Å². The SMILES string of the molecule is CC(=O)c1cc(C#N)c2c3c(c(C#N)cc(C(=O)C(C)C)c13)Oc1ccccc1-2.CCCCCCCCCCCCCCCCCCC. The van der Waals surface area contributed by atoms with E-state index >= 15 is 0 Å². The van der Waals surface area contributed by atoms with E-state index in [2.05, 4.69) is 26.0 Å². The molecular formula is C43H56N2O3. The highest BCUT2D eigenvalue weighted by Gasteiger charge is 2.31. The molecule has 0 bridgehead atoms.